The van der Waals surface area contributed by atoms with E-state index in [0.717, 1.165) is 50.6 Å². The average molecular weight is 377 g/mol. The van der Waals surface area contributed by atoms with Crippen molar-refractivity contribution < 1.29 is 14.3 Å². The summed E-state index contributed by atoms with van der Waals surface area (Å²) < 4.78 is 5.45. The zero-order valence-corrected chi connectivity index (χ0v) is 16.9. The number of rotatable bonds is 6. The first-order valence-electron chi connectivity index (χ1n) is 9.51. The summed E-state index contributed by atoms with van der Waals surface area (Å²) in [4.78, 5) is 28.2. The van der Waals surface area contributed by atoms with Gasteiger partial charge in [0.1, 0.15) is 5.75 Å². The second kappa shape index (κ2) is 9.60. The van der Waals surface area contributed by atoms with E-state index in [-0.39, 0.29) is 0 Å². The summed E-state index contributed by atoms with van der Waals surface area (Å²) in [6.45, 7) is 10.8. The van der Waals surface area contributed by atoms with Crippen LogP contribution < -0.4 is 20.3 Å². The molecule has 0 radical (unpaired) electrons. The Bertz CT molecular complexity index is 634. The lowest BCUT2D eigenvalue weighted by Gasteiger charge is -2.36. The highest BCUT2D eigenvalue weighted by Gasteiger charge is 2.21. The molecule has 1 aromatic carbocycles. The smallest absolute Gasteiger partial charge is 0.309 e. The third kappa shape index (κ3) is 6.75. The van der Waals surface area contributed by atoms with Crippen molar-refractivity contribution in [3.8, 4) is 5.75 Å². The average Bonchev–Trinajstić information content (AvgIpc) is 2.64. The second-order valence-electron chi connectivity index (χ2n) is 7.81. The summed E-state index contributed by atoms with van der Waals surface area (Å²) in [5.41, 5.74) is 0.729. The van der Waals surface area contributed by atoms with Crippen LogP contribution >= 0.6 is 0 Å². The predicted octanol–water partition coefficient (Wildman–Crippen LogP) is 1.24. The van der Waals surface area contributed by atoms with Gasteiger partial charge in [0.15, 0.2) is 0 Å². The van der Waals surface area contributed by atoms with Gasteiger partial charge < -0.3 is 20.3 Å². The minimum absolute atomic E-state index is 0.407. The molecule has 1 saturated heterocycles. The summed E-state index contributed by atoms with van der Waals surface area (Å²) >= 11 is 0. The van der Waals surface area contributed by atoms with E-state index < -0.39 is 17.4 Å². The van der Waals surface area contributed by atoms with Crippen molar-refractivity contribution in [3.63, 3.8) is 0 Å². The van der Waals surface area contributed by atoms with E-state index in [9.17, 15) is 9.59 Å². The molecule has 7 nitrogen and oxygen atoms in total. The Morgan fingerprint density at radius 2 is 1.74 bits per heavy atom. The molecule has 2 N–H and O–H groups in total. The first-order chi connectivity index (χ1) is 12.8. The molecule has 1 heterocycles. The van der Waals surface area contributed by atoms with E-state index in [1.165, 1.54) is 0 Å². The number of carbonyl (C=O) groups excluding carboxylic acids is 2. The number of para-hydroxylation sites is 2. The summed E-state index contributed by atoms with van der Waals surface area (Å²) in [5.74, 6) is -0.235. The fourth-order valence-electron chi connectivity index (χ4n) is 3.09. The Morgan fingerprint density at radius 3 is 2.37 bits per heavy atom. The van der Waals surface area contributed by atoms with Crippen LogP contribution in [0.2, 0.25) is 0 Å². The van der Waals surface area contributed by atoms with E-state index in [4.69, 9.17) is 4.74 Å². The van der Waals surface area contributed by atoms with Crippen LogP contribution in [-0.2, 0) is 9.59 Å². The molecule has 1 aliphatic rings. The number of methoxy groups -OCH3 is 1. The van der Waals surface area contributed by atoms with Crippen molar-refractivity contribution in [2.24, 2.45) is 0 Å². The molecule has 1 fully saturated rings. The van der Waals surface area contributed by atoms with Gasteiger partial charge in [-0.2, -0.15) is 0 Å². The van der Waals surface area contributed by atoms with Crippen molar-refractivity contribution in [1.82, 2.24) is 15.5 Å². The van der Waals surface area contributed by atoms with Crippen LogP contribution in [0.15, 0.2) is 24.3 Å². The van der Waals surface area contributed by atoms with Gasteiger partial charge in [-0.3, -0.25) is 14.5 Å². The Labute approximate surface area is 162 Å². The van der Waals surface area contributed by atoms with Gasteiger partial charge in [-0.1, -0.05) is 12.1 Å². The number of carbonyl (C=O) groups is 2. The van der Waals surface area contributed by atoms with Crippen molar-refractivity contribution in [1.29, 1.82) is 0 Å². The molecule has 2 rings (SSSR count). The first-order valence-corrected chi connectivity index (χ1v) is 9.51. The molecule has 0 aliphatic carbocycles. The van der Waals surface area contributed by atoms with Gasteiger partial charge in [0.25, 0.3) is 0 Å². The molecule has 1 aromatic rings. The van der Waals surface area contributed by atoms with Crippen molar-refractivity contribution in [2.75, 3.05) is 51.3 Å². The molecule has 0 atom stereocenters. The number of piperazine rings is 1. The maximum absolute atomic E-state index is 11.8. The molecule has 1 aliphatic heterocycles. The predicted molar refractivity (Wildman–Crippen MR) is 107 cm³/mol. The van der Waals surface area contributed by atoms with Gasteiger partial charge in [0, 0.05) is 38.3 Å². The highest BCUT2D eigenvalue weighted by Crippen LogP contribution is 2.28. The normalized spacial score (nSPS) is 15.3. The largest absolute Gasteiger partial charge is 0.495 e. The third-order valence-electron chi connectivity index (χ3n) is 4.43. The number of amides is 2. The van der Waals surface area contributed by atoms with Crippen LogP contribution in [0.5, 0.6) is 5.75 Å². The maximum Gasteiger partial charge on any atom is 0.309 e. The molecule has 150 valence electrons. The molecular formula is C20H32N4O3. The number of hydrogen-bond acceptors (Lipinski definition) is 5. The third-order valence-corrected chi connectivity index (χ3v) is 4.43. The molecule has 2 amide bonds. The highest BCUT2D eigenvalue weighted by molar-refractivity contribution is 6.35. The fraction of sp³-hybridized carbons (Fsp3) is 0.600. The number of benzene rings is 1. The second-order valence-corrected chi connectivity index (χ2v) is 7.81. The van der Waals surface area contributed by atoms with E-state index in [0.29, 0.717) is 6.54 Å². The first kappa shape index (κ1) is 21.0. The van der Waals surface area contributed by atoms with Gasteiger partial charge in [-0.15, -0.1) is 0 Å². The zero-order chi connectivity index (χ0) is 19.9. The Kier molecular flexibility index (Phi) is 7.47. The molecule has 0 unspecified atom stereocenters. The number of ether oxygens (including phenoxy) is 1. The van der Waals surface area contributed by atoms with Crippen molar-refractivity contribution in [3.05, 3.63) is 24.3 Å². The van der Waals surface area contributed by atoms with Gasteiger partial charge in [0.2, 0.25) is 0 Å². The van der Waals surface area contributed by atoms with Crippen LogP contribution in [0.1, 0.15) is 27.2 Å². The minimum atomic E-state index is -0.576. The molecular weight excluding hydrogens is 344 g/mol. The molecule has 0 saturated carbocycles. The lowest BCUT2D eigenvalue weighted by Crippen LogP contribution is -2.49. The van der Waals surface area contributed by atoms with Crippen LogP contribution in [0.25, 0.3) is 0 Å². The van der Waals surface area contributed by atoms with E-state index in [2.05, 4.69) is 26.5 Å². The summed E-state index contributed by atoms with van der Waals surface area (Å²) in [5, 5.41) is 5.35. The van der Waals surface area contributed by atoms with Gasteiger partial charge in [-0.05, 0) is 45.9 Å². The molecule has 0 aromatic heterocycles. The minimum Gasteiger partial charge on any atom is -0.495 e. The molecule has 7 heteroatoms. The fourth-order valence-corrected chi connectivity index (χ4v) is 3.09. The Hall–Kier alpha value is -2.28. The standard InChI is InChI=1S/C20H32N4O3/c1-20(2,3)22-19(26)18(25)21-10-7-11-23-12-14-24(15-13-23)16-8-5-6-9-17(16)27-4/h5-6,8-9H,7,10-15H2,1-4H3,(H,21,25)(H,22,26). The molecule has 0 bridgehead atoms. The quantitative estimate of drug-likeness (QED) is 0.577. The van der Waals surface area contributed by atoms with Gasteiger partial charge >= 0.3 is 11.8 Å². The lowest BCUT2D eigenvalue weighted by atomic mass is 10.1. The summed E-state index contributed by atoms with van der Waals surface area (Å²) in [7, 11) is 1.70. The van der Waals surface area contributed by atoms with Crippen molar-refractivity contribution >= 4 is 17.5 Å². The molecule has 0 spiro atoms. The summed E-state index contributed by atoms with van der Waals surface area (Å²) in [6.07, 6.45) is 0.823. The number of nitrogens with one attached hydrogen (secondary N) is 2. The van der Waals surface area contributed by atoms with Gasteiger partial charge in [-0.25, -0.2) is 0 Å². The Morgan fingerprint density at radius 1 is 1.07 bits per heavy atom. The molecule has 27 heavy (non-hydrogen) atoms. The van der Waals surface area contributed by atoms with Crippen LogP contribution in [0.3, 0.4) is 0 Å². The van der Waals surface area contributed by atoms with Gasteiger partial charge in [0.05, 0.1) is 12.8 Å². The van der Waals surface area contributed by atoms with E-state index in [1.54, 1.807) is 7.11 Å². The van der Waals surface area contributed by atoms with Crippen molar-refractivity contribution in [2.45, 2.75) is 32.7 Å². The highest BCUT2D eigenvalue weighted by atomic mass is 16.5. The van der Waals surface area contributed by atoms with E-state index in [1.807, 2.05) is 39.0 Å². The SMILES string of the molecule is COc1ccccc1N1CCN(CCCNC(=O)C(=O)NC(C)(C)C)CC1. The summed E-state index contributed by atoms with van der Waals surface area (Å²) in [6, 6.07) is 8.09. The van der Waals surface area contributed by atoms with E-state index >= 15 is 0 Å². The number of hydrogen-bond donors (Lipinski definition) is 2. The van der Waals surface area contributed by atoms with Crippen LogP contribution in [-0.4, -0.2) is 68.6 Å². The lowest BCUT2D eigenvalue weighted by molar-refractivity contribution is -0.140. The monoisotopic (exact) mass is 376 g/mol. The van der Waals surface area contributed by atoms with Crippen LogP contribution in [0.4, 0.5) is 5.69 Å². The van der Waals surface area contributed by atoms with Crippen LogP contribution in [0, 0.1) is 0 Å². The Balaban J connectivity index is 1.67. The number of anilines is 1. The maximum atomic E-state index is 11.8. The topological polar surface area (TPSA) is 73.9 Å². The number of nitrogens with zero attached hydrogens (tertiary/aromatic N) is 2. The zero-order valence-electron chi connectivity index (χ0n) is 16.9.